The van der Waals surface area contributed by atoms with E-state index in [2.05, 4.69) is 41.4 Å². The lowest BCUT2D eigenvalue weighted by Gasteiger charge is -2.32. The molecule has 0 bridgehead atoms. The lowest BCUT2D eigenvalue weighted by Crippen LogP contribution is -2.48. The van der Waals surface area contributed by atoms with Crippen molar-refractivity contribution in [3.63, 3.8) is 0 Å². The summed E-state index contributed by atoms with van der Waals surface area (Å²) in [4.78, 5) is 2.31. The topological polar surface area (TPSA) is 24.5 Å². The molecule has 16 heavy (non-hydrogen) atoms. The van der Waals surface area contributed by atoms with Crippen molar-refractivity contribution in [2.75, 3.05) is 26.3 Å². The van der Waals surface area contributed by atoms with E-state index in [1.165, 1.54) is 5.56 Å². The molecule has 0 aliphatic carbocycles. The third kappa shape index (κ3) is 3.30. The van der Waals surface area contributed by atoms with Gasteiger partial charge >= 0.3 is 0 Å². The molecule has 1 radical (unpaired) electrons. The average Bonchev–Trinajstić information content (AvgIpc) is 2.38. The van der Waals surface area contributed by atoms with Gasteiger partial charge in [0.1, 0.15) is 0 Å². The Balaban J connectivity index is 1.76. The zero-order chi connectivity index (χ0) is 11.2. The van der Waals surface area contributed by atoms with Gasteiger partial charge in [-0.2, -0.15) is 0 Å². The minimum Gasteiger partial charge on any atom is -0.379 e. The summed E-state index contributed by atoms with van der Waals surface area (Å²) in [5, 5.41) is 3.43. The van der Waals surface area contributed by atoms with Gasteiger partial charge in [0, 0.05) is 19.6 Å². The van der Waals surface area contributed by atoms with Gasteiger partial charge in [-0.25, -0.2) is 0 Å². The second-order valence-electron chi connectivity index (χ2n) is 4.03. The Bertz CT molecular complexity index is 296. The lowest BCUT2D eigenvalue weighted by molar-refractivity contribution is 0.0185. The van der Waals surface area contributed by atoms with E-state index >= 15 is 0 Å². The predicted octanol–water partition coefficient (Wildman–Crippen LogP) is 1.27. The summed E-state index contributed by atoms with van der Waals surface area (Å²) in [5.74, 6) is 0. The van der Waals surface area contributed by atoms with Crippen LogP contribution in [-0.4, -0.2) is 37.4 Å². The van der Waals surface area contributed by atoms with Gasteiger partial charge in [-0.15, -0.1) is 0 Å². The predicted molar refractivity (Wildman–Crippen MR) is 64.8 cm³/mol. The van der Waals surface area contributed by atoms with Crippen molar-refractivity contribution in [3.8, 4) is 0 Å². The summed E-state index contributed by atoms with van der Waals surface area (Å²) in [6.45, 7) is 8.58. The van der Waals surface area contributed by atoms with Gasteiger partial charge in [-0.05, 0) is 12.5 Å². The first-order valence-corrected chi connectivity index (χ1v) is 5.78. The average molecular weight is 219 g/mol. The summed E-state index contributed by atoms with van der Waals surface area (Å²) in [6.07, 6.45) is 0.170. The summed E-state index contributed by atoms with van der Waals surface area (Å²) >= 11 is 0. The number of rotatable bonds is 4. The van der Waals surface area contributed by atoms with E-state index in [1.54, 1.807) is 0 Å². The van der Waals surface area contributed by atoms with E-state index in [4.69, 9.17) is 4.74 Å². The fourth-order valence-electron chi connectivity index (χ4n) is 1.85. The fraction of sp³-hybridized carbons (Fsp3) is 0.462. The number of nitrogens with zero attached hydrogens (tertiary/aromatic N) is 1. The zero-order valence-electron chi connectivity index (χ0n) is 9.56. The third-order valence-electron chi connectivity index (χ3n) is 2.87. The van der Waals surface area contributed by atoms with Gasteiger partial charge in [0.2, 0.25) is 0 Å². The Morgan fingerprint density at radius 1 is 1.25 bits per heavy atom. The second kappa shape index (κ2) is 5.99. The Morgan fingerprint density at radius 3 is 2.62 bits per heavy atom. The summed E-state index contributed by atoms with van der Waals surface area (Å²) < 4.78 is 5.32. The van der Waals surface area contributed by atoms with Crippen LogP contribution < -0.4 is 5.32 Å². The van der Waals surface area contributed by atoms with Gasteiger partial charge in [-0.3, -0.25) is 10.2 Å². The maximum Gasteiger partial charge on any atom is 0.0602 e. The van der Waals surface area contributed by atoms with Crippen LogP contribution in [0.2, 0.25) is 0 Å². The smallest absolute Gasteiger partial charge is 0.0602 e. The summed E-state index contributed by atoms with van der Waals surface area (Å²) in [5.41, 5.74) is 1.30. The van der Waals surface area contributed by atoms with Gasteiger partial charge in [0.25, 0.3) is 0 Å². The normalized spacial score (nSPS) is 19.6. The van der Waals surface area contributed by atoms with Crippen LogP contribution in [0.3, 0.4) is 0 Å². The first kappa shape index (κ1) is 11.6. The lowest BCUT2D eigenvalue weighted by atomic mass is 10.2. The van der Waals surface area contributed by atoms with Crippen LogP contribution in [0.15, 0.2) is 30.3 Å². The highest BCUT2D eigenvalue weighted by Crippen LogP contribution is 2.03. The maximum atomic E-state index is 5.32. The van der Waals surface area contributed by atoms with Gasteiger partial charge < -0.3 is 4.74 Å². The molecule has 1 fully saturated rings. The largest absolute Gasteiger partial charge is 0.379 e. The molecule has 3 nitrogen and oxygen atoms in total. The van der Waals surface area contributed by atoms with Crippen LogP contribution in [0, 0.1) is 6.92 Å². The number of nitrogens with one attached hydrogen (secondary N) is 1. The third-order valence-corrected chi connectivity index (χ3v) is 2.87. The molecule has 1 heterocycles. The standard InChI is InChI=1S/C13H19N2O/c1-12(15-7-9-16-10-8-15)14-11-13-5-3-2-4-6-13/h2-6,12,14H,1,7-11H2. The molecular formula is C13H19N2O. The van der Waals surface area contributed by atoms with E-state index in [-0.39, 0.29) is 6.17 Å². The molecule has 1 N–H and O–H groups in total. The van der Waals surface area contributed by atoms with Crippen molar-refractivity contribution < 1.29 is 4.74 Å². The number of benzene rings is 1. The quantitative estimate of drug-likeness (QED) is 0.825. The van der Waals surface area contributed by atoms with Crippen LogP contribution in [0.25, 0.3) is 0 Å². The molecule has 1 aliphatic rings. The molecule has 1 atom stereocenters. The van der Waals surface area contributed by atoms with Gasteiger partial charge in [0.05, 0.1) is 19.4 Å². The van der Waals surface area contributed by atoms with Crippen molar-refractivity contribution in [3.05, 3.63) is 42.8 Å². The van der Waals surface area contributed by atoms with E-state index in [0.717, 1.165) is 32.8 Å². The van der Waals surface area contributed by atoms with Crippen LogP contribution in [0.1, 0.15) is 5.56 Å². The first-order valence-electron chi connectivity index (χ1n) is 5.78. The van der Waals surface area contributed by atoms with Crippen molar-refractivity contribution in [2.45, 2.75) is 12.7 Å². The maximum absolute atomic E-state index is 5.32. The first-order chi connectivity index (χ1) is 7.86. The minimum atomic E-state index is 0.170. The van der Waals surface area contributed by atoms with E-state index < -0.39 is 0 Å². The fourth-order valence-corrected chi connectivity index (χ4v) is 1.85. The zero-order valence-corrected chi connectivity index (χ0v) is 9.56. The van der Waals surface area contributed by atoms with Gasteiger partial charge in [-0.1, -0.05) is 30.3 Å². The number of hydrogen-bond donors (Lipinski definition) is 1. The molecule has 0 aromatic heterocycles. The van der Waals surface area contributed by atoms with Crippen LogP contribution in [0.5, 0.6) is 0 Å². The van der Waals surface area contributed by atoms with E-state index in [9.17, 15) is 0 Å². The van der Waals surface area contributed by atoms with Crippen molar-refractivity contribution in [1.82, 2.24) is 10.2 Å². The van der Waals surface area contributed by atoms with Crippen molar-refractivity contribution in [2.24, 2.45) is 0 Å². The van der Waals surface area contributed by atoms with Crippen LogP contribution in [-0.2, 0) is 11.3 Å². The molecule has 3 heteroatoms. The molecule has 1 aromatic rings. The molecular weight excluding hydrogens is 200 g/mol. The SMILES string of the molecule is [CH2]C(NCc1ccccc1)N1CCOCC1. The Kier molecular flexibility index (Phi) is 4.34. The Hall–Kier alpha value is -0.900. The van der Waals surface area contributed by atoms with Crippen molar-refractivity contribution in [1.29, 1.82) is 0 Å². The summed E-state index contributed by atoms with van der Waals surface area (Å²) in [6, 6.07) is 10.4. The molecule has 1 unspecified atom stereocenters. The highest BCUT2D eigenvalue weighted by Gasteiger charge is 2.15. The number of morpholine rings is 1. The highest BCUT2D eigenvalue weighted by molar-refractivity contribution is 5.14. The Labute approximate surface area is 97.4 Å². The van der Waals surface area contributed by atoms with Crippen LogP contribution in [0.4, 0.5) is 0 Å². The molecule has 0 spiro atoms. The van der Waals surface area contributed by atoms with Crippen molar-refractivity contribution >= 4 is 0 Å². The monoisotopic (exact) mass is 219 g/mol. The number of hydrogen-bond acceptors (Lipinski definition) is 3. The molecule has 1 aromatic carbocycles. The molecule has 1 aliphatic heterocycles. The molecule has 87 valence electrons. The molecule has 0 amide bonds. The molecule has 2 rings (SSSR count). The molecule has 1 saturated heterocycles. The van der Waals surface area contributed by atoms with E-state index in [0.29, 0.717) is 0 Å². The highest BCUT2D eigenvalue weighted by atomic mass is 16.5. The summed E-state index contributed by atoms with van der Waals surface area (Å²) in [7, 11) is 0. The molecule has 0 saturated carbocycles. The van der Waals surface area contributed by atoms with Crippen LogP contribution >= 0.6 is 0 Å². The minimum absolute atomic E-state index is 0.170. The Morgan fingerprint density at radius 2 is 1.94 bits per heavy atom. The number of ether oxygens (including phenoxy) is 1. The second-order valence-corrected chi connectivity index (χ2v) is 4.03. The van der Waals surface area contributed by atoms with Gasteiger partial charge in [0.15, 0.2) is 0 Å². The van der Waals surface area contributed by atoms with E-state index in [1.807, 2.05) is 6.07 Å².